The molecule has 0 amide bonds. The van der Waals surface area contributed by atoms with Gasteiger partial charge in [0.2, 0.25) is 0 Å². The lowest BCUT2D eigenvalue weighted by Gasteiger charge is -2.23. The maximum atomic E-state index is 14.1. The summed E-state index contributed by atoms with van der Waals surface area (Å²) in [6, 6.07) is 4.09. The van der Waals surface area contributed by atoms with Gasteiger partial charge in [-0.15, -0.1) is 6.42 Å². The first-order chi connectivity index (χ1) is 8.77. The van der Waals surface area contributed by atoms with Gasteiger partial charge in [0.25, 0.3) is 0 Å². The van der Waals surface area contributed by atoms with Crippen molar-refractivity contribution in [3.8, 4) is 12.3 Å². The van der Waals surface area contributed by atoms with Crippen molar-refractivity contribution in [2.24, 2.45) is 0 Å². The summed E-state index contributed by atoms with van der Waals surface area (Å²) in [5, 5.41) is 0.695. The highest BCUT2D eigenvalue weighted by molar-refractivity contribution is 5.95. The standard InChI is InChI=1S/C16H15F2N/c1-5-9-12(17)7-6-10-14(9)11(16(2,3)4)8-13(19)15(10)18/h1,6-8H,19H2,2-4H3. The molecule has 0 aliphatic heterocycles. The first-order valence-corrected chi connectivity index (χ1v) is 5.94. The number of halogens is 2. The molecule has 0 fully saturated rings. The van der Waals surface area contributed by atoms with Crippen LogP contribution in [0.2, 0.25) is 0 Å². The zero-order valence-electron chi connectivity index (χ0n) is 11.1. The van der Waals surface area contributed by atoms with Crippen molar-refractivity contribution in [1.29, 1.82) is 0 Å². The Kier molecular flexibility index (Phi) is 2.98. The third-order valence-corrected chi connectivity index (χ3v) is 3.17. The van der Waals surface area contributed by atoms with Crippen LogP contribution >= 0.6 is 0 Å². The number of fused-ring (bicyclic) bond motifs is 1. The van der Waals surface area contributed by atoms with Crippen molar-refractivity contribution in [3.05, 3.63) is 41.0 Å². The number of benzene rings is 2. The summed E-state index contributed by atoms with van der Waals surface area (Å²) >= 11 is 0. The van der Waals surface area contributed by atoms with Crippen molar-refractivity contribution < 1.29 is 8.78 Å². The second kappa shape index (κ2) is 4.24. The van der Waals surface area contributed by atoms with Gasteiger partial charge in [0.15, 0.2) is 5.82 Å². The predicted octanol–water partition coefficient (Wildman–Crippen LogP) is 3.98. The molecule has 0 aromatic heterocycles. The molecule has 0 spiro atoms. The van der Waals surface area contributed by atoms with Crippen LogP contribution in [0.25, 0.3) is 10.8 Å². The summed E-state index contributed by atoms with van der Waals surface area (Å²) in [6.45, 7) is 5.85. The molecule has 3 heteroatoms. The molecule has 0 aliphatic carbocycles. The van der Waals surface area contributed by atoms with E-state index >= 15 is 0 Å². The Morgan fingerprint density at radius 2 is 1.84 bits per heavy atom. The van der Waals surface area contributed by atoms with E-state index in [0.717, 1.165) is 5.56 Å². The fourth-order valence-corrected chi connectivity index (χ4v) is 2.22. The van der Waals surface area contributed by atoms with Gasteiger partial charge in [0.05, 0.1) is 11.3 Å². The molecule has 19 heavy (non-hydrogen) atoms. The molecule has 0 saturated heterocycles. The fraction of sp³-hybridized carbons (Fsp3) is 0.250. The molecule has 0 atom stereocenters. The zero-order chi connectivity index (χ0) is 14.4. The SMILES string of the molecule is C#Cc1c(F)ccc2c(F)c(N)cc(C(C)(C)C)c12. The Morgan fingerprint density at radius 3 is 2.37 bits per heavy atom. The van der Waals surface area contributed by atoms with E-state index in [-0.39, 0.29) is 22.1 Å². The highest BCUT2D eigenvalue weighted by Crippen LogP contribution is 2.36. The normalized spacial score (nSPS) is 11.6. The number of hydrogen-bond donors (Lipinski definition) is 1. The number of hydrogen-bond acceptors (Lipinski definition) is 1. The summed E-state index contributed by atoms with van der Waals surface area (Å²) in [7, 11) is 0. The van der Waals surface area contributed by atoms with E-state index in [1.165, 1.54) is 18.2 Å². The molecule has 98 valence electrons. The van der Waals surface area contributed by atoms with E-state index in [1.54, 1.807) is 0 Å². The lowest BCUT2D eigenvalue weighted by molar-refractivity contribution is 0.590. The Labute approximate surface area is 111 Å². The average molecular weight is 259 g/mol. The number of terminal acetylenes is 1. The lowest BCUT2D eigenvalue weighted by atomic mass is 9.81. The van der Waals surface area contributed by atoms with Gasteiger partial charge in [-0.3, -0.25) is 0 Å². The Bertz CT molecular complexity index is 703. The minimum absolute atomic E-state index is 0.0482. The van der Waals surface area contributed by atoms with Gasteiger partial charge in [-0.1, -0.05) is 26.7 Å². The molecule has 2 rings (SSSR count). The minimum Gasteiger partial charge on any atom is -0.396 e. The molecule has 2 aromatic carbocycles. The van der Waals surface area contributed by atoms with Gasteiger partial charge in [-0.25, -0.2) is 8.78 Å². The van der Waals surface area contributed by atoms with Crippen LogP contribution in [0, 0.1) is 24.0 Å². The first-order valence-electron chi connectivity index (χ1n) is 5.94. The van der Waals surface area contributed by atoms with Crippen LogP contribution in [0.5, 0.6) is 0 Å². The molecular formula is C16H15F2N. The summed E-state index contributed by atoms with van der Waals surface area (Å²) in [5.41, 5.74) is 6.25. The van der Waals surface area contributed by atoms with Crippen molar-refractivity contribution in [2.75, 3.05) is 5.73 Å². The van der Waals surface area contributed by atoms with Crippen molar-refractivity contribution in [2.45, 2.75) is 26.2 Å². The van der Waals surface area contributed by atoms with Gasteiger partial charge in [0.1, 0.15) is 5.82 Å². The highest BCUT2D eigenvalue weighted by atomic mass is 19.1. The van der Waals surface area contributed by atoms with E-state index in [0.29, 0.717) is 5.39 Å². The number of anilines is 1. The third-order valence-electron chi connectivity index (χ3n) is 3.17. The maximum Gasteiger partial charge on any atom is 0.153 e. The predicted molar refractivity (Wildman–Crippen MR) is 74.9 cm³/mol. The largest absolute Gasteiger partial charge is 0.396 e. The Balaban J connectivity index is 3.09. The number of rotatable bonds is 0. The average Bonchev–Trinajstić information content (AvgIpc) is 2.32. The van der Waals surface area contributed by atoms with Crippen molar-refractivity contribution >= 4 is 16.5 Å². The molecule has 0 aliphatic rings. The Morgan fingerprint density at radius 1 is 1.21 bits per heavy atom. The number of nitrogen functional groups attached to an aromatic ring is 1. The summed E-state index contributed by atoms with van der Waals surface area (Å²) in [5.74, 6) is 1.24. The van der Waals surface area contributed by atoms with E-state index in [4.69, 9.17) is 12.2 Å². The fourth-order valence-electron chi connectivity index (χ4n) is 2.22. The molecule has 2 aromatic rings. The van der Waals surface area contributed by atoms with Crippen LogP contribution in [-0.2, 0) is 5.41 Å². The van der Waals surface area contributed by atoms with Gasteiger partial charge in [-0.2, -0.15) is 0 Å². The quantitative estimate of drug-likeness (QED) is 0.562. The Hall–Kier alpha value is -2.08. The molecule has 0 heterocycles. The van der Waals surface area contributed by atoms with E-state index < -0.39 is 11.6 Å². The lowest BCUT2D eigenvalue weighted by Crippen LogP contribution is -2.14. The third kappa shape index (κ3) is 2.04. The van der Waals surface area contributed by atoms with Crippen LogP contribution in [0.4, 0.5) is 14.5 Å². The minimum atomic E-state index is -0.556. The molecule has 0 saturated carbocycles. The van der Waals surface area contributed by atoms with Crippen molar-refractivity contribution in [3.63, 3.8) is 0 Å². The summed E-state index contributed by atoms with van der Waals surface area (Å²) in [6.07, 6.45) is 5.37. The maximum absolute atomic E-state index is 14.1. The molecule has 2 N–H and O–H groups in total. The van der Waals surface area contributed by atoms with E-state index in [1.807, 2.05) is 20.8 Å². The first kappa shape index (κ1) is 13.4. The topological polar surface area (TPSA) is 26.0 Å². The van der Waals surface area contributed by atoms with E-state index in [9.17, 15) is 8.78 Å². The molecule has 0 bridgehead atoms. The van der Waals surface area contributed by atoms with Crippen LogP contribution in [0.15, 0.2) is 18.2 Å². The van der Waals surface area contributed by atoms with Gasteiger partial charge >= 0.3 is 0 Å². The molecular weight excluding hydrogens is 244 g/mol. The molecule has 0 radical (unpaired) electrons. The highest BCUT2D eigenvalue weighted by Gasteiger charge is 2.23. The second-order valence-electron chi connectivity index (χ2n) is 5.57. The van der Waals surface area contributed by atoms with Gasteiger partial charge in [0, 0.05) is 10.8 Å². The zero-order valence-corrected chi connectivity index (χ0v) is 11.1. The smallest absolute Gasteiger partial charge is 0.153 e. The van der Waals surface area contributed by atoms with Crippen LogP contribution in [0.1, 0.15) is 31.9 Å². The van der Waals surface area contributed by atoms with Gasteiger partial charge in [-0.05, 0) is 29.2 Å². The van der Waals surface area contributed by atoms with Gasteiger partial charge < -0.3 is 5.73 Å². The monoisotopic (exact) mass is 259 g/mol. The molecule has 1 nitrogen and oxygen atoms in total. The summed E-state index contributed by atoms with van der Waals surface area (Å²) < 4.78 is 27.9. The van der Waals surface area contributed by atoms with Crippen LogP contribution in [0.3, 0.4) is 0 Å². The summed E-state index contributed by atoms with van der Waals surface area (Å²) in [4.78, 5) is 0. The number of nitrogens with two attached hydrogens (primary N) is 1. The van der Waals surface area contributed by atoms with Crippen molar-refractivity contribution in [1.82, 2.24) is 0 Å². The van der Waals surface area contributed by atoms with E-state index in [2.05, 4.69) is 5.92 Å². The van der Waals surface area contributed by atoms with Crippen LogP contribution < -0.4 is 5.73 Å². The second-order valence-corrected chi connectivity index (χ2v) is 5.57. The molecule has 0 unspecified atom stereocenters. The van der Waals surface area contributed by atoms with Crippen LogP contribution in [-0.4, -0.2) is 0 Å².